The molecule has 1 fully saturated rings. The number of amides is 1. The number of ether oxygens (including phenoxy) is 1. The van der Waals surface area contributed by atoms with Gasteiger partial charge in [0, 0.05) is 25.5 Å². The van der Waals surface area contributed by atoms with Crippen LogP contribution in [0.2, 0.25) is 0 Å². The number of likely N-dealkylation sites (tertiary alicyclic amines) is 1. The Morgan fingerprint density at radius 3 is 2.78 bits per heavy atom. The third-order valence-corrected chi connectivity index (χ3v) is 4.26. The predicted molar refractivity (Wildman–Crippen MR) is 96.1 cm³/mol. The Hall–Kier alpha value is -3.33. The molecule has 0 atom stereocenters. The first-order valence-corrected chi connectivity index (χ1v) is 8.49. The largest absolute Gasteiger partial charge is 0.495 e. The summed E-state index contributed by atoms with van der Waals surface area (Å²) in [6.07, 6.45) is 3.26. The summed E-state index contributed by atoms with van der Waals surface area (Å²) in [4.78, 5) is 26.8. The summed E-state index contributed by atoms with van der Waals surface area (Å²) in [6, 6.07) is 9.04. The first-order valence-electron chi connectivity index (χ1n) is 8.49. The Kier molecular flexibility index (Phi) is 4.75. The molecule has 1 aliphatic rings. The molecule has 9 heteroatoms. The van der Waals surface area contributed by atoms with Gasteiger partial charge in [-0.25, -0.2) is 9.97 Å². The van der Waals surface area contributed by atoms with Gasteiger partial charge < -0.3 is 14.6 Å². The van der Waals surface area contributed by atoms with E-state index < -0.39 is 0 Å². The number of nitrogens with one attached hydrogen (secondary N) is 1. The van der Waals surface area contributed by atoms with Gasteiger partial charge in [0.2, 0.25) is 23.4 Å². The number of methoxy groups -OCH3 is 1. The van der Waals surface area contributed by atoms with Gasteiger partial charge in [-0.3, -0.25) is 9.69 Å². The minimum absolute atomic E-state index is 0.0955. The quantitative estimate of drug-likeness (QED) is 0.701. The van der Waals surface area contributed by atoms with Crippen LogP contribution in [0.3, 0.4) is 0 Å². The molecule has 1 amide bonds. The second-order valence-corrected chi connectivity index (χ2v) is 6.17. The molecule has 27 heavy (non-hydrogen) atoms. The number of hydrogen-bond acceptors (Lipinski definition) is 8. The molecule has 0 saturated carbocycles. The van der Waals surface area contributed by atoms with Gasteiger partial charge in [0.25, 0.3) is 0 Å². The molecule has 2 aromatic heterocycles. The van der Waals surface area contributed by atoms with Crippen LogP contribution >= 0.6 is 0 Å². The molecule has 0 unspecified atom stereocenters. The van der Waals surface area contributed by atoms with Crippen molar-refractivity contribution in [2.75, 3.05) is 32.1 Å². The molecule has 1 aliphatic heterocycles. The second-order valence-electron chi connectivity index (χ2n) is 6.17. The van der Waals surface area contributed by atoms with Gasteiger partial charge in [-0.15, -0.1) is 0 Å². The highest BCUT2D eigenvalue weighted by molar-refractivity contribution is 5.93. The van der Waals surface area contributed by atoms with Crippen molar-refractivity contribution in [1.29, 1.82) is 0 Å². The Balaban J connectivity index is 1.30. The van der Waals surface area contributed by atoms with Crippen LogP contribution < -0.4 is 10.1 Å². The van der Waals surface area contributed by atoms with Crippen molar-refractivity contribution in [2.45, 2.75) is 5.92 Å². The molecule has 1 aromatic carbocycles. The van der Waals surface area contributed by atoms with Gasteiger partial charge in [0.1, 0.15) is 5.75 Å². The van der Waals surface area contributed by atoms with Gasteiger partial charge in [-0.2, -0.15) is 4.98 Å². The zero-order valence-electron chi connectivity index (χ0n) is 14.7. The zero-order valence-corrected chi connectivity index (χ0v) is 14.7. The molecule has 0 radical (unpaired) electrons. The number of aromatic nitrogens is 4. The van der Waals surface area contributed by atoms with Crippen LogP contribution in [0.5, 0.6) is 5.75 Å². The fourth-order valence-corrected chi connectivity index (χ4v) is 2.90. The maximum Gasteiger partial charge on any atom is 0.240 e. The number of para-hydroxylation sites is 2. The van der Waals surface area contributed by atoms with Crippen LogP contribution in [0.25, 0.3) is 11.6 Å². The number of hydrogen-bond donors (Lipinski definition) is 1. The summed E-state index contributed by atoms with van der Waals surface area (Å²) in [5.41, 5.74) is 0.659. The van der Waals surface area contributed by atoms with Crippen molar-refractivity contribution in [3.05, 3.63) is 48.6 Å². The first kappa shape index (κ1) is 17.1. The number of carbonyl (C=O) groups is 1. The number of rotatable bonds is 6. The molecule has 3 aromatic rings. The minimum atomic E-state index is -0.0955. The molecule has 4 rings (SSSR count). The summed E-state index contributed by atoms with van der Waals surface area (Å²) in [7, 11) is 1.57. The standard InChI is InChI=1S/C18H18N6O3/c1-26-14-6-3-2-5-13(14)21-15(25)11-24-9-12(10-24)18-22-17(23-27-18)16-19-7-4-8-20-16/h2-8,12H,9-11H2,1H3,(H,21,25). The molecule has 0 aliphatic carbocycles. The molecule has 0 spiro atoms. The third-order valence-electron chi connectivity index (χ3n) is 4.26. The van der Waals surface area contributed by atoms with E-state index in [2.05, 4.69) is 25.4 Å². The van der Waals surface area contributed by atoms with E-state index >= 15 is 0 Å². The van der Waals surface area contributed by atoms with E-state index in [1.165, 1.54) is 0 Å². The summed E-state index contributed by atoms with van der Waals surface area (Å²) < 4.78 is 10.6. The maximum absolute atomic E-state index is 12.2. The molecule has 138 valence electrons. The molecular formula is C18H18N6O3. The van der Waals surface area contributed by atoms with Crippen molar-refractivity contribution >= 4 is 11.6 Å². The van der Waals surface area contributed by atoms with Crippen molar-refractivity contribution in [1.82, 2.24) is 25.0 Å². The van der Waals surface area contributed by atoms with Crippen molar-refractivity contribution < 1.29 is 14.1 Å². The van der Waals surface area contributed by atoms with Crippen molar-refractivity contribution in [3.8, 4) is 17.4 Å². The van der Waals surface area contributed by atoms with E-state index in [1.54, 1.807) is 37.7 Å². The second kappa shape index (κ2) is 7.50. The lowest BCUT2D eigenvalue weighted by atomic mass is 10.0. The lowest BCUT2D eigenvalue weighted by Gasteiger charge is -2.36. The van der Waals surface area contributed by atoms with E-state index in [4.69, 9.17) is 9.26 Å². The average Bonchev–Trinajstić information content (AvgIpc) is 3.15. The van der Waals surface area contributed by atoms with Gasteiger partial charge in [0.05, 0.1) is 25.3 Å². The van der Waals surface area contributed by atoms with Gasteiger partial charge in [0.15, 0.2) is 0 Å². The molecule has 9 nitrogen and oxygen atoms in total. The number of anilines is 1. The molecule has 3 heterocycles. The summed E-state index contributed by atoms with van der Waals surface area (Å²) in [5, 5.41) is 6.79. The van der Waals surface area contributed by atoms with Crippen LogP contribution in [-0.2, 0) is 4.79 Å². The molecule has 0 bridgehead atoms. The van der Waals surface area contributed by atoms with Gasteiger partial charge in [-0.05, 0) is 18.2 Å². The zero-order chi connectivity index (χ0) is 18.6. The highest BCUT2D eigenvalue weighted by Gasteiger charge is 2.34. The van der Waals surface area contributed by atoms with E-state index in [9.17, 15) is 4.79 Å². The number of nitrogens with zero attached hydrogens (tertiary/aromatic N) is 5. The Bertz CT molecular complexity index is 924. The number of carbonyl (C=O) groups excluding carboxylic acids is 1. The fourth-order valence-electron chi connectivity index (χ4n) is 2.90. The van der Waals surface area contributed by atoms with Crippen molar-refractivity contribution in [2.24, 2.45) is 0 Å². The highest BCUT2D eigenvalue weighted by Crippen LogP contribution is 2.27. The first-order chi connectivity index (χ1) is 13.2. The average molecular weight is 366 g/mol. The SMILES string of the molecule is COc1ccccc1NC(=O)CN1CC(c2nc(-c3ncccn3)no2)C1. The maximum atomic E-state index is 12.2. The smallest absolute Gasteiger partial charge is 0.240 e. The Morgan fingerprint density at radius 1 is 1.22 bits per heavy atom. The van der Waals surface area contributed by atoms with Crippen molar-refractivity contribution in [3.63, 3.8) is 0 Å². The monoisotopic (exact) mass is 366 g/mol. The van der Waals surface area contributed by atoms with E-state index in [0.29, 0.717) is 42.1 Å². The Morgan fingerprint density at radius 2 is 2.00 bits per heavy atom. The number of benzene rings is 1. The minimum Gasteiger partial charge on any atom is -0.495 e. The van der Waals surface area contributed by atoms with Crippen LogP contribution in [0.15, 0.2) is 47.2 Å². The van der Waals surface area contributed by atoms with Gasteiger partial charge >= 0.3 is 0 Å². The fraction of sp³-hybridized carbons (Fsp3) is 0.278. The molecular weight excluding hydrogens is 348 g/mol. The normalized spacial score (nSPS) is 14.6. The summed E-state index contributed by atoms with van der Waals surface area (Å²) >= 11 is 0. The van der Waals surface area contributed by atoms with Crippen LogP contribution in [0.1, 0.15) is 11.8 Å². The predicted octanol–water partition coefficient (Wildman–Crippen LogP) is 1.57. The lowest BCUT2D eigenvalue weighted by molar-refractivity contribution is -0.118. The van der Waals surface area contributed by atoms with Gasteiger partial charge in [-0.1, -0.05) is 17.3 Å². The third kappa shape index (κ3) is 3.77. The highest BCUT2D eigenvalue weighted by atomic mass is 16.5. The molecule has 1 N–H and O–H groups in total. The van der Waals surface area contributed by atoms with E-state index in [0.717, 1.165) is 0 Å². The van der Waals surface area contributed by atoms with Crippen LogP contribution in [0.4, 0.5) is 5.69 Å². The Labute approximate surface area is 155 Å². The molecule has 1 saturated heterocycles. The van der Waals surface area contributed by atoms with E-state index in [-0.39, 0.29) is 18.4 Å². The lowest BCUT2D eigenvalue weighted by Crippen LogP contribution is -2.48. The topological polar surface area (TPSA) is 106 Å². The van der Waals surface area contributed by atoms with E-state index in [1.807, 2.05) is 17.0 Å². The van der Waals surface area contributed by atoms with Crippen LogP contribution in [0, 0.1) is 0 Å². The summed E-state index contributed by atoms with van der Waals surface area (Å²) in [5.74, 6) is 1.99. The van der Waals surface area contributed by atoms with Crippen LogP contribution in [-0.4, -0.2) is 57.7 Å². The summed E-state index contributed by atoms with van der Waals surface area (Å²) in [6.45, 7) is 1.64.